The van der Waals surface area contributed by atoms with Crippen molar-refractivity contribution in [1.29, 1.82) is 0 Å². The number of rotatable bonds is 16. The lowest BCUT2D eigenvalue weighted by molar-refractivity contribution is -0.145. The number of aromatic amines is 1. The van der Waals surface area contributed by atoms with E-state index in [1.165, 1.54) is 43.7 Å². The molecule has 3 amide bonds. The molecule has 5 atom stereocenters. The number of carbonyl (C=O) groups excluding carboxylic acids is 3. The second-order valence-corrected chi connectivity index (χ2v) is 9.39. The van der Waals surface area contributed by atoms with Crippen molar-refractivity contribution >= 4 is 29.7 Å². The first-order valence-electron chi connectivity index (χ1n) is 12.8. The number of aliphatic hydroxyl groups excluding tert-OH is 1. The summed E-state index contributed by atoms with van der Waals surface area (Å²) in [6.07, 6.45) is 1.89. The fraction of sp³-hybridized carbons (Fsp3) is 0.440. The maximum absolute atomic E-state index is 13.4. The first kappa shape index (κ1) is 32.5. The number of phenolic OH excluding ortho intramolecular Hbond substituents is 1. The van der Waals surface area contributed by atoms with E-state index in [4.69, 9.17) is 17.2 Å². The van der Waals surface area contributed by atoms with Gasteiger partial charge >= 0.3 is 5.97 Å². The molecule has 41 heavy (non-hydrogen) atoms. The lowest BCUT2D eigenvalue weighted by Gasteiger charge is -2.26. The first-order chi connectivity index (χ1) is 19.4. The highest BCUT2D eigenvalue weighted by Crippen LogP contribution is 2.12. The number of aliphatic carboxylic acids is 1. The average molecular weight is 576 g/mol. The standard InChI is InChI=1S/C25H37N9O7/c1-13(35)20(24(40)41)34-23(39)19(9-14-4-6-16(36)7-5-14)33-22(38)18(3-2-8-30-25(27)28)32-21(37)17(26)10-15-11-29-12-31-15/h4-7,11-13,17-20,35-36H,2-3,8-10,26H2,1H3,(H,29,31)(H,32,37)(H,33,38)(H,34,39)(H,40,41)(H4,27,28,30). The minimum absolute atomic E-state index is 0.0196. The Kier molecular flexibility index (Phi) is 12.5. The molecular formula is C25H37N9O7. The van der Waals surface area contributed by atoms with Crippen molar-refractivity contribution in [3.8, 4) is 5.75 Å². The van der Waals surface area contributed by atoms with E-state index in [0.717, 1.165) is 0 Å². The van der Waals surface area contributed by atoms with Gasteiger partial charge < -0.3 is 53.5 Å². The third-order valence-corrected chi connectivity index (χ3v) is 5.97. The summed E-state index contributed by atoms with van der Waals surface area (Å²) in [5.74, 6) is -3.91. The number of phenols is 1. The molecule has 2 aromatic rings. The van der Waals surface area contributed by atoms with Crippen LogP contribution in [-0.4, -0.2) is 91.8 Å². The first-order valence-corrected chi connectivity index (χ1v) is 12.8. The van der Waals surface area contributed by atoms with E-state index in [9.17, 15) is 34.5 Å². The number of nitrogens with one attached hydrogen (secondary N) is 4. The number of H-pyrrole nitrogens is 1. The number of hydrogen-bond donors (Lipinski definition) is 10. The van der Waals surface area contributed by atoms with Crippen LogP contribution in [0.3, 0.4) is 0 Å². The second-order valence-electron chi connectivity index (χ2n) is 9.39. The Labute approximate surface area is 235 Å². The Morgan fingerprint density at radius 2 is 1.63 bits per heavy atom. The fourth-order valence-electron chi connectivity index (χ4n) is 3.77. The largest absolute Gasteiger partial charge is 0.508 e. The zero-order valence-electron chi connectivity index (χ0n) is 22.5. The molecule has 0 radical (unpaired) electrons. The Balaban J connectivity index is 2.25. The molecule has 16 nitrogen and oxygen atoms in total. The van der Waals surface area contributed by atoms with Crippen molar-refractivity contribution in [1.82, 2.24) is 25.9 Å². The van der Waals surface area contributed by atoms with Crippen molar-refractivity contribution in [2.75, 3.05) is 6.54 Å². The third kappa shape index (κ3) is 11.1. The molecule has 0 aliphatic rings. The number of benzene rings is 1. The topological polar surface area (TPSA) is 284 Å². The number of aromatic nitrogens is 2. The molecule has 0 aliphatic carbocycles. The van der Waals surface area contributed by atoms with Crippen LogP contribution >= 0.6 is 0 Å². The summed E-state index contributed by atoms with van der Waals surface area (Å²) < 4.78 is 0. The van der Waals surface area contributed by atoms with Gasteiger partial charge in [0.2, 0.25) is 17.7 Å². The fourth-order valence-corrected chi connectivity index (χ4v) is 3.77. The Hall–Kier alpha value is -4.70. The van der Waals surface area contributed by atoms with Gasteiger partial charge in [-0.1, -0.05) is 12.1 Å². The van der Waals surface area contributed by atoms with Crippen molar-refractivity contribution in [2.24, 2.45) is 22.2 Å². The lowest BCUT2D eigenvalue weighted by atomic mass is 10.0. The van der Waals surface area contributed by atoms with Crippen molar-refractivity contribution < 1.29 is 34.5 Å². The number of imidazole rings is 1. The van der Waals surface area contributed by atoms with Crippen LogP contribution < -0.4 is 33.2 Å². The molecular weight excluding hydrogens is 538 g/mol. The third-order valence-electron chi connectivity index (χ3n) is 5.97. The van der Waals surface area contributed by atoms with Crippen LogP contribution in [0.25, 0.3) is 0 Å². The number of aromatic hydroxyl groups is 1. The molecule has 13 N–H and O–H groups in total. The van der Waals surface area contributed by atoms with Crippen molar-refractivity contribution in [2.45, 2.75) is 62.9 Å². The van der Waals surface area contributed by atoms with Crippen molar-refractivity contribution in [3.63, 3.8) is 0 Å². The second kappa shape index (κ2) is 15.8. The number of nitrogens with two attached hydrogens (primary N) is 3. The van der Waals surface area contributed by atoms with Crippen LogP contribution in [0.4, 0.5) is 0 Å². The van der Waals surface area contributed by atoms with Gasteiger partial charge in [-0.3, -0.25) is 19.4 Å². The summed E-state index contributed by atoms with van der Waals surface area (Å²) in [4.78, 5) is 61.5. The Morgan fingerprint density at radius 1 is 1.00 bits per heavy atom. The van der Waals surface area contributed by atoms with Crippen LogP contribution in [0.5, 0.6) is 5.75 Å². The molecule has 1 aromatic carbocycles. The Morgan fingerprint density at radius 3 is 2.20 bits per heavy atom. The number of carboxylic acid groups (broad SMARTS) is 1. The van der Waals surface area contributed by atoms with Gasteiger partial charge in [0.05, 0.1) is 18.5 Å². The van der Waals surface area contributed by atoms with E-state index in [1.807, 2.05) is 0 Å². The molecule has 224 valence electrons. The summed E-state index contributed by atoms with van der Waals surface area (Å²) in [6, 6.07) is 0.669. The molecule has 0 spiro atoms. The number of carboxylic acids is 1. The van der Waals surface area contributed by atoms with E-state index >= 15 is 0 Å². The van der Waals surface area contributed by atoms with Crippen LogP contribution in [-0.2, 0) is 32.0 Å². The summed E-state index contributed by atoms with van der Waals surface area (Å²) >= 11 is 0. The molecule has 1 heterocycles. The maximum atomic E-state index is 13.4. The summed E-state index contributed by atoms with van der Waals surface area (Å²) in [5, 5.41) is 36.1. The van der Waals surface area contributed by atoms with Gasteiger partial charge in [0.25, 0.3) is 0 Å². The number of carbonyl (C=O) groups is 4. The number of aliphatic imine (C=N–C) groups is 1. The SMILES string of the molecule is CC(O)C(NC(=O)C(Cc1ccc(O)cc1)NC(=O)C(CCCN=C(N)N)NC(=O)C(N)Cc1cnc[nH]1)C(=O)O. The highest BCUT2D eigenvalue weighted by Gasteiger charge is 2.32. The van der Waals surface area contributed by atoms with Gasteiger partial charge in [-0.15, -0.1) is 0 Å². The molecule has 16 heteroatoms. The number of aliphatic hydroxyl groups is 1. The predicted molar refractivity (Wildman–Crippen MR) is 147 cm³/mol. The summed E-state index contributed by atoms with van der Waals surface area (Å²) in [7, 11) is 0. The molecule has 5 unspecified atom stereocenters. The molecule has 2 rings (SSSR count). The lowest BCUT2D eigenvalue weighted by Crippen LogP contribution is -2.59. The molecule has 0 saturated heterocycles. The van der Waals surface area contributed by atoms with E-state index in [2.05, 4.69) is 30.9 Å². The van der Waals surface area contributed by atoms with E-state index in [-0.39, 0.29) is 43.9 Å². The Bertz CT molecular complexity index is 1180. The van der Waals surface area contributed by atoms with E-state index in [0.29, 0.717) is 11.3 Å². The van der Waals surface area contributed by atoms with Gasteiger partial charge in [0.1, 0.15) is 17.8 Å². The molecule has 0 bridgehead atoms. The molecule has 0 fully saturated rings. The molecule has 0 aliphatic heterocycles. The minimum Gasteiger partial charge on any atom is -0.508 e. The van der Waals surface area contributed by atoms with E-state index < -0.39 is 54.0 Å². The normalized spacial score (nSPS) is 14.5. The zero-order valence-corrected chi connectivity index (χ0v) is 22.5. The highest BCUT2D eigenvalue weighted by atomic mass is 16.4. The smallest absolute Gasteiger partial charge is 0.328 e. The highest BCUT2D eigenvalue weighted by molar-refractivity contribution is 5.94. The van der Waals surface area contributed by atoms with Crippen LogP contribution in [0.2, 0.25) is 0 Å². The monoisotopic (exact) mass is 575 g/mol. The van der Waals surface area contributed by atoms with Gasteiger partial charge in [-0.25, -0.2) is 9.78 Å². The zero-order chi connectivity index (χ0) is 30.5. The van der Waals surface area contributed by atoms with Gasteiger partial charge in [0, 0.05) is 31.3 Å². The minimum atomic E-state index is -1.64. The van der Waals surface area contributed by atoms with Crippen molar-refractivity contribution in [3.05, 3.63) is 48.0 Å². The quantitative estimate of drug-likeness (QED) is 0.0554. The number of guanidine groups is 1. The molecule has 0 saturated carbocycles. The van der Waals surface area contributed by atoms with Gasteiger partial charge in [-0.05, 0) is 37.5 Å². The van der Waals surface area contributed by atoms with Crippen LogP contribution in [0, 0.1) is 0 Å². The van der Waals surface area contributed by atoms with Gasteiger partial charge in [0.15, 0.2) is 12.0 Å². The van der Waals surface area contributed by atoms with E-state index in [1.54, 1.807) is 0 Å². The summed E-state index contributed by atoms with van der Waals surface area (Å²) in [5.41, 5.74) is 17.9. The number of hydrogen-bond acceptors (Lipinski definition) is 9. The molecule has 1 aromatic heterocycles. The predicted octanol–water partition coefficient (Wildman–Crippen LogP) is -2.80. The van der Waals surface area contributed by atoms with Crippen LogP contribution in [0.1, 0.15) is 31.0 Å². The number of nitrogens with zero attached hydrogens (tertiary/aromatic N) is 2. The van der Waals surface area contributed by atoms with Crippen LogP contribution in [0.15, 0.2) is 41.8 Å². The number of amides is 3. The van der Waals surface area contributed by atoms with Gasteiger partial charge in [-0.2, -0.15) is 0 Å². The summed E-state index contributed by atoms with van der Waals surface area (Å²) in [6.45, 7) is 1.36. The average Bonchev–Trinajstić information content (AvgIpc) is 3.41. The maximum Gasteiger partial charge on any atom is 0.328 e.